The highest BCUT2D eigenvalue weighted by Crippen LogP contribution is 2.38. The molecule has 10 aromatic rings. The van der Waals surface area contributed by atoms with Crippen molar-refractivity contribution >= 4 is 43.4 Å². The standard InChI is InChI=1S/C46H28N4O/c1-3-12-31(13-4-1)43-48-44(50-45(49-43)39-20-9-16-29-11-7-8-18-37(29)39)36-24-22-33-27-35(23-21-34(33)28-36)38-19-10-17-30-25-26-40-42(41(30)38)51-46(47-40)32-14-5-2-6-15-32/h1-28H. The van der Waals surface area contributed by atoms with Crippen LogP contribution in [0.5, 0.6) is 0 Å². The fourth-order valence-corrected chi connectivity index (χ4v) is 7.01. The summed E-state index contributed by atoms with van der Waals surface area (Å²) in [4.78, 5) is 19.9. The minimum Gasteiger partial charge on any atom is -0.435 e. The highest BCUT2D eigenvalue weighted by atomic mass is 16.3. The lowest BCUT2D eigenvalue weighted by Gasteiger charge is -2.11. The second-order valence-electron chi connectivity index (χ2n) is 12.7. The highest BCUT2D eigenvalue weighted by Gasteiger charge is 2.17. The maximum absolute atomic E-state index is 6.46. The molecule has 0 atom stereocenters. The van der Waals surface area contributed by atoms with Gasteiger partial charge in [0.15, 0.2) is 23.1 Å². The lowest BCUT2D eigenvalue weighted by atomic mass is 9.95. The summed E-state index contributed by atoms with van der Waals surface area (Å²) in [6.45, 7) is 0. The Labute approximate surface area is 293 Å². The molecule has 10 rings (SSSR count). The van der Waals surface area contributed by atoms with E-state index in [0.717, 1.165) is 76.8 Å². The number of aromatic nitrogens is 4. The summed E-state index contributed by atoms with van der Waals surface area (Å²) in [5.41, 5.74) is 7.65. The third kappa shape index (κ3) is 5.11. The van der Waals surface area contributed by atoms with Crippen LogP contribution >= 0.6 is 0 Å². The lowest BCUT2D eigenvalue weighted by Crippen LogP contribution is -2.00. The molecule has 0 saturated carbocycles. The summed E-state index contributed by atoms with van der Waals surface area (Å²) in [5.74, 6) is 2.55. The van der Waals surface area contributed by atoms with E-state index in [4.69, 9.17) is 24.4 Å². The molecule has 5 heteroatoms. The minimum absolute atomic E-state index is 0.622. The van der Waals surface area contributed by atoms with Gasteiger partial charge in [-0.2, -0.15) is 0 Å². The smallest absolute Gasteiger partial charge is 0.227 e. The predicted molar refractivity (Wildman–Crippen MR) is 207 cm³/mol. The van der Waals surface area contributed by atoms with Gasteiger partial charge >= 0.3 is 0 Å². The second-order valence-corrected chi connectivity index (χ2v) is 12.7. The highest BCUT2D eigenvalue weighted by molar-refractivity contribution is 6.12. The van der Waals surface area contributed by atoms with E-state index < -0.39 is 0 Å². The molecule has 0 aliphatic heterocycles. The van der Waals surface area contributed by atoms with Crippen LogP contribution in [0.1, 0.15) is 0 Å². The van der Waals surface area contributed by atoms with Gasteiger partial charge in [0.2, 0.25) is 5.89 Å². The van der Waals surface area contributed by atoms with Crippen LogP contribution in [0.25, 0.3) is 100 Å². The summed E-state index contributed by atoms with van der Waals surface area (Å²) >= 11 is 0. The monoisotopic (exact) mass is 652 g/mol. The van der Waals surface area contributed by atoms with Crippen LogP contribution in [0.3, 0.4) is 0 Å². The molecule has 0 unspecified atom stereocenters. The molecule has 0 bridgehead atoms. The molecule has 0 amide bonds. The number of hydrogen-bond donors (Lipinski definition) is 0. The minimum atomic E-state index is 0.622. The number of rotatable bonds is 5. The van der Waals surface area contributed by atoms with Crippen molar-refractivity contribution < 1.29 is 4.42 Å². The molecule has 0 aliphatic rings. The Bertz CT molecular complexity index is 2910. The average molecular weight is 653 g/mol. The van der Waals surface area contributed by atoms with Crippen molar-refractivity contribution in [2.45, 2.75) is 0 Å². The van der Waals surface area contributed by atoms with Crippen molar-refractivity contribution in [3.63, 3.8) is 0 Å². The first-order valence-electron chi connectivity index (χ1n) is 17.0. The van der Waals surface area contributed by atoms with Gasteiger partial charge in [-0.15, -0.1) is 0 Å². The van der Waals surface area contributed by atoms with Gasteiger partial charge in [0.1, 0.15) is 5.52 Å². The molecular formula is C46H28N4O. The summed E-state index contributed by atoms with van der Waals surface area (Å²) < 4.78 is 6.46. The van der Waals surface area contributed by atoms with E-state index in [1.165, 1.54) is 0 Å². The fraction of sp³-hybridized carbons (Fsp3) is 0. The molecule has 51 heavy (non-hydrogen) atoms. The van der Waals surface area contributed by atoms with Crippen molar-refractivity contribution in [1.82, 2.24) is 19.9 Å². The first kappa shape index (κ1) is 29.0. The number of hydrogen-bond acceptors (Lipinski definition) is 5. The van der Waals surface area contributed by atoms with Gasteiger partial charge < -0.3 is 4.42 Å². The normalized spacial score (nSPS) is 11.5. The predicted octanol–water partition coefficient (Wildman–Crippen LogP) is 11.8. The number of benzene rings is 8. The SMILES string of the molecule is c1ccc(-c2nc(-c3ccc4cc(-c5cccc6ccc7nc(-c8ccccc8)oc7c56)ccc4c3)nc(-c3cccc4ccccc34)n2)cc1. The molecule has 0 spiro atoms. The van der Waals surface area contributed by atoms with Crippen molar-refractivity contribution in [1.29, 1.82) is 0 Å². The van der Waals surface area contributed by atoms with E-state index >= 15 is 0 Å². The van der Waals surface area contributed by atoms with Crippen molar-refractivity contribution in [3.8, 4) is 56.7 Å². The first-order chi connectivity index (χ1) is 25.2. The molecule has 5 nitrogen and oxygen atoms in total. The zero-order valence-electron chi connectivity index (χ0n) is 27.4. The van der Waals surface area contributed by atoms with Gasteiger partial charge in [0, 0.05) is 27.6 Å². The van der Waals surface area contributed by atoms with E-state index in [-0.39, 0.29) is 0 Å². The summed E-state index contributed by atoms with van der Waals surface area (Å²) in [7, 11) is 0. The van der Waals surface area contributed by atoms with E-state index in [2.05, 4.69) is 103 Å². The topological polar surface area (TPSA) is 64.7 Å². The first-order valence-corrected chi connectivity index (χ1v) is 17.0. The quantitative estimate of drug-likeness (QED) is 0.185. The Morgan fingerprint density at radius 3 is 1.75 bits per heavy atom. The van der Waals surface area contributed by atoms with Gasteiger partial charge in [-0.25, -0.2) is 19.9 Å². The van der Waals surface area contributed by atoms with Crippen molar-refractivity contribution in [3.05, 3.63) is 170 Å². The third-order valence-corrected chi connectivity index (χ3v) is 9.53. The van der Waals surface area contributed by atoms with Gasteiger partial charge in [-0.3, -0.25) is 0 Å². The van der Waals surface area contributed by atoms with Crippen LogP contribution in [0, 0.1) is 0 Å². The van der Waals surface area contributed by atoms with Crippen LogP contribution in [0.2, 0.25) is 0 Å². The van der Waals surface area contributed by atoms with Gasteiger partial charge in [-0.05, 0) is 68.4 Å². The van der Waals surface area contributed by atoms with E-state index in [0.29, 0.717) is 23.4 Å². The molecule has 0 aliphatic carbocycles. The van der Waals surface area contributed by atoms with Crippen LogP contribution in [-0.2, 0) is 0 Å². The van der Waals surface area contributed by atoms with Crippen molar-refractivity contribution in [2.24, 2.45) is 0 Å². The van der Waals surface area contributed by atoms with Gasteiger partial charge in [0.25, 0.3) is 0 Å². The van der Waals surface area contributed by atoms with Crippen molar-refractivity contribution in [2.75, 3.05) is 0 Å². The molecule has 2 aromatic heterocycles. The maximum Gasteiger partial charge on any atom is 0.227 e. The van der Waals surface area contributed by atoms with Crippen LogP contribution in [0.4, 0.5) is 0 Å². The number of nitrogens with zero attached hydrogens (tertiary/aromatic N) is 4. The maximum atomic E-state index is 6.46. The van der Waals surface area contributed by atoms with E-state index in [1.807, 2.05) is 66.7 Å². The van der Waals surface area contributed by atoms with Crippen LogP contribution in [0.15, 0.2) is 174 Å². The second kappa shape index (κ2) is 11.9. The Morgan fingerprint density at radius 1 is 0.353 bits per heavy atom. The number of fused-ring (bicyclic) bond motifs is 5. The molecule has 0 saturated heterocycles. The van der Waals surface area contributed by atoms with Crippen LogP contribution < -0.4 is 0 Å². The molecule has 2 heterocycles. The summed E-state index contributed by atoms with van der Waals surface area (Å²) in [6, 6.07) is 58.3. The Morgan fingerprint density at radius 2 is 0.941 bits per heavy atom. The zero-order chi connectivity index (χ0) is 33.7. The summed E-state index contributed by atoms with van der Waals surface area (Å²) in [5, 5.41) is 6.63. The van der Waals surface area contributed by atoms with E-state index in [1.54, 1.807) is 0 Å². The molecule has 0 radical (unpaired) electrons. The van der Waals surface area contributed by atoms with E-state index in [9.17, 15) is 0 Å². The molecule has 0 N–H and O–H groups in total. The fourth-order valence-electron chi connectivity index (χ4n) is 7.01. The molecule has 8 aromatic carbocycles. The van der Waals surface area contributed by atoms with Gasteiger partial charge in [0.05, 0.1) is 0 Å². The lowest BCUT2D eigenvalue weighted by molar-refractivity contribution is 0.623. The Balaban J connectivity index is 1.09. The molecule has 238 valence electrons. The Kier molecular flexibility index (Phi) is 6.74. The van der Waals surface area contributed by atoms with Crippen LogP contribution in [-0.4, -0.2) is 19.9 Å². The number of oxazole rings is 1. The average Bonchev–Trinajstić information content (AvgIpc) is 3.66. The zero-order valence-corrected chi connectivity index (χ0v) is 27.4. The van der Waals surface area contributed by atoms with Gasteiger partial charge in [-0.1, -0.05) is 140 Å². The Hall–Kier alpha value is -6.98. The largest absolute Gasteiger partial charge is 0.435 e. The molecule has 0 fully saturated rings. The summed E-state index contributed by atoms with van der Waals surface area (Å²) in [6.07, 6.45) is 0. The third-order valence-electron chi connectivity index (χ3n) is 9.53. The molecular weight excluding hydrogens is 625 g/mol.